The van der Waals surface area contributed by atoms with Crippen molar-refractivity contribution in [2.75, 3.05) is 33.8 Å². The second-order valence-electron chi connectivity index (χ2n) is 7.14. The molecule has 5 heteroatoms. The Hall–Kier alpha value is -2.11. The van der Waals surface area contributed by atoms with E-state index >= 15 is 0 Å². The SMILES string of the molecule is COc1c[nH]c(CN2CCC[C@H](N(C)CCc3ccccc3)C2)cc1=O. The van der Waals surface area contributed by atoms with Crippen LogP contribution in [-0.2, 0) is 13.0 Å². The summed E-state index contributed by atoms with van der Waals surface area (Å²) in [5, 5.41) is 0. The molecule has 1 aliphatic heterocycles. The number of methoxy groups -OCH3 is 1. The van der Waals surface area contributed by atoms with Gasteiger partial charge in [0.25, 0.3) is 0 Å². The van der Waals surface area contributed by atoms with Crippen molar-refractivity contribution in [3.05, 3.63) is 64.1 Å². The third-order valence-electron chi connectivity index (χ3n) is 5.25. The van der Waals surface area contributed by atoms with Crippen LogP contribution >= 0.6 is 0 Å². The van der Waals surface area contributed by atoms with Crippen LogP contribution < -0.4 is 10.2 Å². The van der Waals surface area contributed by atoms with Crippen molar-refractivity contribution < 1.29 is 4.74 Å². The number of aromatic amines is 1. The van der Waals surface area contributed by atoms with Gasteiger partial charge in [0.1, 0.15) is 0 Å². The molecule has 0 saturated carbocycles. The van der Waals surface area contributed by atoms with Crippen LogP contribution in [0, 0.1) is 0 Å². The van der Waals surface area contributed by atoms with Crippen molar-refractivity contribution >= 4 is 0 Å². The quantitative estimate of drug-likeness (QED) is 0.829. The molecule has 2 aromatic rings. The molecule has 5 nitrogen and oxygen atoms in total. The van der Waals surface area contributed by atoms with Gasteiger partial charge in [0.15, 0.2) is 5.75 Å². The van der Waals surface area contributed by atoms with Gasteiger partial charge in [-0.3, -0.25) is 9.69 Å². The third-order valence-corrected chi connectivity index (χ3v) is 5.25. The zero-order chi connectivity index (χ0) is 18.4. The summed E-state index contributed by atoms with van der Waals surface area (Å²) in [5.41, 5.74) is 2.28. The van der Waals surface area contributed by atoms with E-state index in [0.29, 0.717) is 11.8 Å². The number of H-pyrrole nitrogens is 1. The lowest BCUT2D eigenvalue weighted by molar-refractivity contribution is 0.111. The number of hydrogen-bond acceptors (Lipinski definition) is 4. The number of likely N-dealkylation sites (N-methyl/N-ethyl adjacent to an activating group) is 1. The molecule has 1 fully saturated rings. The Morgan fingerprint density at radius 1 is 1.31 bits per heavy atom. The highest BCUT2D eigenvalue weighted by molar-refractivity contribution is 5.20. The summed E-state index contributed by atoms with van der Waals surface area (Å²) in [6, 6.07) is 12.9. The molecular weight excluding hydrogens is 326 g/mol. The molecule has 0 amide bonds. The molecule has 1 saturated heterocycles. The number of benzene rings is 1. The summed E-state index contributed by atoms with van der Waals surface area (Å²) in [5.74, 6) is 0.367. The highest BCUT2D eigenvalue weighted by atomic mass is 16.5. The number of hydrogen-bond donors (Lipinski definition) is 1. The Bertz CT molecular complexity index is 744. The van der Waals surface area contributed by atoms with Crippen molar-refractivity contribution in [3.8, 4) is 5.75 Å². The molecule has 1 aromatic heterocycles. The van der Waals surface area contributed by atoms with Crippen molar-refractivity contribution in [3.63, 3.8) is 0 Å². The van der Waals surface area contributed by atoms with E-state index in [0.717, 1.165) is 38.3 Å². The van der Waals surface area contributed by atoms with Gasteiger partial charge < -0.3 is 14.6 Å². The molecule has 1 N–H and O–H groups in total. The van der Waals surface area contributed by atoms with E-state index in [1.807, 2.05) is 0 Å². The Morgan fingerprint density at radius 3 is 2.85 bits per heavy atom. The van der Waals surface area contributed by atoms with Gasteiger partial charge in [0, 0.05) is 43.6 Å². The minimum absolute atomic E-state index is 0.0604. The van der Waals surface area contributed by atoms with Gasteiger partial charge in [-0.2, -0.15) is 0 Å². The largest absolute Gasteiger partial charge is 0.491 e. The summed E-state index contributed by atoms with van der Waals surface area (Å²) in [6.07, 6.45) is 5.17. The minimum atomic E-state index is -0.0604. The van der Waals surface area contributed by atoms with Crippen LogP contribution in [0.3, 0.4) is 0 Å². The smallest absolute Gasteiger partial charge is 0.223 e. The van der Waals surface area contributed by atoms with Crippen molar-refractivity contribution in [2.45, 2.75) is 31.8 Å². The molecule has 0 bridgehead atoms. The fraction of sp³-hybridized carbons (Fsp3) is 0.476. The molecule has 26 heavy (non-hydrogen) atoms. The van der Waals surface area contributed by atoms with Crippen LogP contribution in [0.15, 0.2) is 47.4 Å². The number of ether oxygens (including phenoxy) is 1. The molecule has 0 spiro atoms. The van der Waals surface area contributed by atoms with Gasteiger partial charge in [-0.1, -0.05) is 30.3 Å². The maximum Gasteiger partial charge on any atom is 0.223 e. The van der Waals surface area contributed by atoms with Crippen LogP contribution in [0.4, 0.5) is 0 Å². The zero-order valence-electron chi connectivity index (χ0n) is 15.8. The van der Waals surface area contributed by atoms with E-state index in [9.17, 15) is 4.79 Å². The maximum absolute atomic E-state index is 11.9. The predicted octanol–water partition coefficient (Wildman–Crippen LogP) is 2.52. The minimum Gasteiger partial charge on any atom is -0.491 e. The number of rotatable bonds is 7. The second-order valence-corrected chi connectivity index (χ2v) is 7.14. The molecular formula is C21H29N3O2. The van der Waals surface area contributed by atoms with E-state index in [-0.39, 0.29) is 5.43 Å². The van der Waals surface area contributed by atoms with Crippen molar-refractivity contribution in [2.24, 2.45) is 0 Å². The first-order chi connectivity index (χ1) is 12.7. The number of nitrogens with one attached hydrogen (secondary N) is 1. The van der Waals surface area contributed by atoms with Crippen LogP contribution in [-0.4, -0.2) is 54.6 Å². The lowest BCUT2D eigenvalue weighted by Gasteiger charge is -2.37. The van der Waals surface area contributed by atoms with E-state index in [2.05, 4.69) is 52.2 Å². The summed E-state index contributed by atoms with van der Waals surface area (Å²) < 4.78 is 5.04. The van der Waals surface area contributed by atoms with Gasteiger partial charge in [-0.25, -0.2) is 0 Å². The first kappa shape index (κ1) is 18.7. The summed E-state index contributed by atoms with van der Waals surface area (Å²) >= 11 is 0. The molecule has 0 aliphatic carbocycles. The average molecular weight is 355 g/mol. The molecule has 3 rings (SSSR count). The Morgan fingerprint density at radius 2 is 2.12 bits per heavy atom. The standard InChI is InChI=1S/C21H29N3O2/c1-23(12-10-17-7-4-3-5-8-17)19-9-6-11-24(16-19)15-18-13-20(25)21(26-2)14-22-18/h3-5,7-8,13-14,19H,6,9-12,15-16H2,1-2H3,(H,22,25)/t19-/m0/s1. The Labute approximate surface area is 155 Å². The van der Waals surface area contributed by atoms with Crippen molar-refractivity contribution in [1.29, 1.82) is 0 Å². The maximum atomic E-state index is 11.9. The highest BCUT2D eigenvalue weighted by Gasteiger charge is 2.23. The average Bonchev–Trinajstić information content (AvgIpc) is 2.67. The Kier molecular flexibility index (Phi) is 6.47. The van der Waals surface area contributed by atoms with E-state index < -0.39 is 0 Å². The monoisotopic (exact) mass is 355 g/mol. The fourth-order valence-corrected chi connectivity index (χ4v) is 3.66. The molecule has 1 aromatic carbocycles. The van der Waals surface area contributed by atoms with Gasteiger partial charge in [0.05, 0.1) is 7.11 Å². The number of likely N-dealkylation sites (tertiary alicyclic amines) is 1. The second kappa shape index (κ2) is 9.01. The van der Waals surface area contributed by atoms with Crippen molar-refractivity contribution in [1.82, 2.24) is 14.8 Å². The first-order valence-corrected chi connectivity index (χ1v) is 9.38. The summed E-state index contributed by atoms with van der Waals surface area (Å²) in [6.45, 7) is 3.97. The molecule has 2 heterocycles. The van der Waals surface area contributed by atoms with Crippen LogP contribution in [0.5, 0.6) is 5.75 Å². The normalized spacial score (nSPS) is 18.2. The molecule has 1 atom stereocenters. The number of pyridine rings is 1. The Balaban J connectivity index is 1.53. The highest BCUT2D eigenvalue weighted by Crippen LogP contribution is 2.17. The lowest BCUT2D eigenvalue weighted by atomic mass is 10.0. The fourth-order valence-electron chi connectivity index (χ4n) is 3.66. The first-order valence-electron chi connectivity index (χ1n) is 9.38. The number of nitrogens with zero attached hydrogens (tertiary/aromatic N) is 2. The predicted molar refractivity (Wildman–Crippen MR) is 105 cm³/mol. The zero-order valence-corrected chi connectivity index (χ0v) is 15.8. The molecule has 1 aliphatic rings. The summed E-state index contributed by atoms with van der Waals surface area (Å²) in [4.78, 5) is 20.0. The van der Waals surface area contributed by atoms with Crippen LogP contribution in [0.2, 0.25) is 0 Å². The van der Waals surface area contributed by atoms with E-state index in [1.165, 1.54) is 25.5 Å². The van der Waals surface area contributed by atoms with Gasteiger partial charge >= 0.3 is 0 Å². The molecule has 0 radical (unpaired) electrons. The number of aromatic nitrogens is 1. The van der Waals surface area contributed by atoms with E-state index in [1.54, 1.807) is 12.3 Å². The van der Waals surface area contributed by atoms with Gasteiger partial charge in [-0.05, 0) is 38.4 Å². The van der Waals surface area contributed by atoms with Gasteiger partial charge in [-0.15, -0.1) is 0 Å². The molecule has 0 unspecified atom stereocenters. The lowest BCUT2D eigenvalue weighted by Crippen LogP contribution is -2.46. The number of piperidine rings is 1. The van der Waals surface area contributed by atoms with E-state index in [4.69, 9.17) is 4.74 Å². The summed E-state index contributed by atoms with van der Waals surface area (Å²) in [7, 11) is 3.75. The topological polar surface area (TPSA) is 48.6 Å². The van der Waals surface area contributed by atoms with Crippen LogP contribution in [0.1, 0.15) is 24.1 Å². The van der Waals surface area contributed by atoms with Gasteiger partial charge in [0.2, 0.25) is 5.43 Å². The molecule has 140 valence electrons. The third kappa shape index (κ3) is 4.96. The van der Waals surface area contributed by atoms with Crippen LogP contribution in [0.25, 0.3) is 0 Å².